The molecule has 1 saturated heterocycles. The molecule has 2 heterocycles. The molecule has 1 fully saturated rings. The lowest BCUT2D eigenvalue weighted by atomic mass is 10.0. The van der Waals surface area contributed by atoms with Crippen LogP contribution in [0.4, 0.5) is 0 Å². The maximum Gasteiger partial charge on any atom is 0.268 e. The number of rotatable bonds is 44. The number of hydrogen-bond donors (Lipinski definition) is 20. The van der Waals surface area contributed by atoms with Gasteiger partial charge < -0.3 is 109 Å². The van der Waals surface area contributed by atoms with E-state index in [1.54, 1.807) is 12.1 Å². The minimum atomic E-state index is -1.57. The third-order valence-electron chi connectivity index (χ3n) is 14.0. The van der Waals surface area contributed by atoms with Crippen LogP contribution in [0.25, 0.3) is 0 Å². The van der Waals surface area contributed by atoms with Crippen molar-refractivity contribution in [3.8, 4) is 0 Å². The number of carbonyl (C=O) groups is 10. The van der Waals surface area contributed by atoms with Crippen molar-refractivity contribution in [1.29, 1.82) is 5.41 Å². The maximum absolute atomic E-state index is 14.6. The van der Waals surface area contributed by atoms with E-state index in [1.807, 2.05) is 0 Å². The van der Waals surface area contributed by atoms with Gasteiger partial charge in [-0.2, -0.15) is 0 Å². The second kappa shape index (κ2) is 43.2. The Labute approximate surface area is 508 Å². The highest BCUT2D eigenvalue weighted by molar-refractivity contribution is 6.02. The third-order valence-corrected chi connectivity index (χ3v) is 14.0. The van der Waals surface area contributed by atoms with Gasteiger partial charge in [-0.05, 0) is 148 Å². The Morgan fingerprint density at radius 2 is 1.29 bits per heavy atom. The Morgan fingerprint density at radius 3 is 1.90 bits per heavy atom. The van der Waals surface area contributed by atoms with Gasteiger partial charge in [0, 0.05) is 45.0 Å². The molecular formula is C55H99N21O11. The van der Waals surface area contributed by atoms with Gasteiger partial charge in [-0.25, -0.2) is 0 Å². The van der Waals surface area contributed by atoms with Crippen molar-refractivity contribution in [2.75, 3.05) is 65.4 Å². The maximum atomic E-state index is 14.6. The number of nitrogens with two attached hydrogens (primary N) is 8. The van der Waals surface area contributed by atoms with Crippen LogP contribution in [-0.4, -0.2) is 200 Å². The minimum absolute atomic E-state index is 0.0321. The number of likely N-dealkylation sites (tertiary alicyclic amines) is 1. The zero-order valence-corrected chi connectivity index (χ0v) is 50.2. The summed E-state index contributed by atoms with van der Waals surface area (Å²) in [5.74, 6) is -7.92. The summed E-state index contributed by atoms with van der Waals surface area (Å²) in [7, 11) is 0. The number of amides is 10. The number of guanidine groups is 1. The van der Waals surface area contributed by atoms with Crippen LogP contribution in [0.1, 0.15) is 115 Å². The molecule has 0 saturated carbocycles. The van der Waals surface area contributed by atoms with Crippen LogP contribution in [0.3, 0.4) is 0 Å². The smallest absolute Gasteiger partial charge is 0.268 e. The lowest BCUT2D eigenvalue weighted by Gasteiger charge is -2.30. The normalized spacial score (nSPS) is 15.8. The van der Waals surface area contributed by atoms with Crippen molar-refractivity contribution in [2.24, 2.45) is 45.9 Å². The average Bonchev–Trinajstić information content (AvgIpc) is 2.73. The van der Waals surface area contributed by atoms with Crippen molar-refractivity contribution in [1.82, 2.24) is 63.1 Å². The van der Waals surface area contributed by atoms with E-state index in [9.17, 15) is 53.1 Å². The molecule has 32 heteroatoms. The number of nitrogens with zero attached hydrogens (tertiary/aromatic N) is 2. The highest BCUT2D eigenvalue weighted by Crippen LogP contribution is 2.21. The largest absolute Gasteiger partial charge is 0.389 e. The van der Waals surface area contributed by atoms with Crippen molar-refractivity contribution >= 4 is 65.0 Å². The number of aliphatic hydroxyl groups is 1. The summed E-state index contributed by atoms with van der Waals surface area (Å²) in [5, 5.41) is 44.1. The number of unbranched alkanes of at least 4 members (excludes halogenated alkanes) is 4. The molecule has 2 rings (SSSR count). The highest BCUT2D eigenvalue weighted by Gasteiger charge is 2.40. The van der Waals surface area contributed by atoms with Gasteiger partial charge in [-0.15, -0.1) is 0 Å². The van der Waals surface area contributed by atoms with E-state index >= 15 is 0 Å². The van der Waals surface area contributed by atoms with Gasteiger partial charge in [-0.1, -0.05) is 18.6 Å². The summed E-state index contributed by atoms with van der Waals surface area (Å²) in [6.45, 7) is 2.27. The summed E-state index contributed by atoms with van der Waals surface area (Å²) >= 11 is 0. The lowest BCUT2D eigenvalue weighted by molar-refractivity contribution is -0.142. The molecule has 0 aromatic carbocycles. The van der Waals surface area contributed by atoms with Crippen molar-refractivity contribution < 1.29 is 53.1 Å². The van der Waals surface area contributed by atoms with Crippen LogP contribution >= 0.6 is 0 Å². The lowest BCUT2D eigenvalue weighted by Crippen LogP contribution is -2.60. The monoisotopic (exact) mass is 1230 g/mol. The Morgan fingerprint density at radius 1 is 0.667 bits per heavy atom. The molecular weight excluding hydrogens is 1130 g/mol. The van der Waals surface area contributed by atoms with Gasteiger partial charge in [0.2, 0.25) is 53.2 Å². The number of carbonyl (C=O) groups excluding carboxylic acids is 10. The minimum Gasteiger partial charge on any atom is -0.389 e. The van der Waals surface area contributed by atoms with Crippen LogP contribution in [0.15, 0.2) is 36.3 Å². The molecule has 9 atom stereocenters. The summed E-state index contributed by atoms with van der Waals surface area (Å²) in [4.78, 5) is 143. The number of pyridine rings is 1. The molecule has 0 unspecified atom stereocenters. The van der Waals surface area contributed by atoms with Gasteiger partial charge in [0.15, 0.2) is 5.96 Å². The van der Waals surface area contributed by atoms with Crippen LogP contribution in [-0.2, 0) is 54.4 Å². The molecule has 87 heavy (non-hydrogen) atoms. The summed E-state index contributed by atoms with van der Waals surface area (Å²) in [5.41, 5.74) is 45.8. The molecule has 0 spiro atoms. The topological polar surface area (TPSA) is 559 Å². The van der Waals surface area contributed by atoms with Crippen molar-refractivity contribution in [3.63, 3.8) is 0 Å². The fraction of sp³-hybridized carbons (Fsp3) is 0.673. The molecule has 0 radical (unpaired) electrons. The quantitative estimate of drug-likeness (QED) is 0.0125. The Balaban J connectivity index is 2.36. The first-order chi connectivity index (χ1) is 41.7. The number of hydrogen-bond acceptors (Lipinski definition) is 20. The van der Waals surface area contributed by atoms with E-state index in [1.165, 1.54) is 30.3 Å². The second-order valence-electron chi connectivity index (χ2n) is 21.2. The second-order valence-corrected chi connectivity index (χ2v) is 21.2. The standard InChI is InChI=1S/C55H99N21O11/c1-34(69-53(86)45(43(77)31-61)75-47(80)36(62)15-2-5-21-56)46(79)68-33-44(78)70-40(18-10-25-60)54(87)76-29-13-20-42(76)52(85)74-41(30-35-14-11-26-65-32-35)51(84)73-38(17-4-7-23-58)49(82)72-39(19-12-28-67-55(63)64)50(83)71-37(16-3-6-22-57)48(81)66-27-9-8-24-59/h11,14,19,26,32,34,36-38,40-43,45,77H,2-10,12-13,15-18,20-25,27-31,33,56-62H2,1H3,(H,66,81)(H,68,79)(H,69,86)(H,70,78)(H,71,83)(H,72,82)(H,73,84)(H,74,85)(H,75,80)(H4,63,64,67)/b39-19-/t34-,36-,37-,38-,40+,41-,42-,43-,45-/m0/s1. The molecule has 0 bridgehead atoms. The van der Waals surface area contributed by atoms with Crippen LogP contribution in [0, 0.1) is 5.41 Å². The molecule has 1 aliphatic heterocycles. The predicted molar refractivity (Wildman–Crippen MR) is 325 cm³/mol. The summed E-state index contributed by atoms with van der Waals surface area (Å²) in [6.07, 6.45) is 8.47. The van der Waals surface area contributed by atoms with Gasteiger partial charge >= 0.3 is 0 Å². The van der Waals surface area contributed by atoms with E-state index in [4.69, 9.17) is 51.3 Å². The zero-order chi connectivity index (χ0) is 64.7. The van der Waals surface area contributed by atoms with E-state index in [-0.39, 0.29) is 89.2 Å². The van der Waals surface area contributed by atoms with Crippen LogP contribution in [0.5, 0.6) is 0 Å². The average molecular weight is 1230 g/mol. The van der Waals surface area contributed by atoms with E-state index in [0.717, 1.165) is 0 Å². The van der Waals surface area contributed by atoms with Gasteiger partial charge in [0.1, 0.15) is 48.0 Å². The van der Waals surface area contributed by atoms with Gasteiger partial charge in [0.25, 0.3) is 5.91 Å². The number of aliphatic hydroxyl groups excluding tert-OH is 1. The molecule has 1 aromatic rings. The number of nitrogens with one attached hydrogen (secondary N) is 11. The summed E-state index contributed by atoms with van der Waals surface area (Å²) in [6, 6.07) is -6.65. The Bertz CT molecular complexity index is 2370. The predicted octanol–water partition coefficient (Wildman–Crippen LogP) is -6.84. The van der Waals surface area contributed by atoms with Gasteiger partial charge in [0.05, 0.1) is 18.7 Å². The fourth-order valence-electron chi connectivity index (χ4n) is 9.10. The van der Waals surface area contributed by atoms with Crippen molar-refractivity contribution in [2.45, 2.75) is 171 Å². The molecule has 10 amide bonds. The first kappa shape index (κ1) is 75.6. The third kappa shape index (κ3) is 29.2. The van der Waals surface area contributed by atoms with E-state index in [2.05, 4.69) is 58.2 Å². The van der Waals surface area contributed by atoms with Crippen LogP contribution in [0.2, 0.25) is 0 Å². The van der Waals surface area contributed by atoms with Gasteiger partial charge in [-0.3, -0.25) is 58.3 Å². The molecule has 1 aromatic heterocycles. The highest BCUT2D eigenvalue weighted by atomic mass is 16.3. The van der Waals surface area contributed by atoms with E-state index in [0.29, 0.717) is 89.5 Å². The molecule has 28 N–H and O–H groups in total. The Hall–Kier alpha value is -7.46. The van der Waals surface area contributed by atoms with Crippen molar-refractivity contribution in [3.05, 3.63) is 41.9 Å². The molecule has 1 aliphatic rings. The fourth-order valence-corrected chi connectivity index (χ4v) is 9.10. The zero-order valence-electron chi connectivity index (χ0n) is 50.2. The number of aromatic nitrogens is 1. The molecule has 490 valence electrons. The van der Waals surface area contributed by atoms with E-state index < -0.39 is 127 Å². The van der Waals surface area contributed by atoms with Crippen LogP contribution < -0.4 is 99.0 Å². The first-order valence-corrected chi connectivity index (χ1v) is 30.0. The summed E-state index contributed by atoms with van der Waals surface area (Å²) < 4.78 is 0. The first-order valence-electron chi connectivity index (χ1n) is 30.0. The SMILES string of the molecule is C[C@H](NC(=O)[C@@H](NC(=O)[C@@H](N)CCCCN)[C@@H](O)CN)C(=O)NCC(=O)N[C@H](CCCN)C(=O)N1CCC[C@H]1C(=O)N[C@@H](Cc1cccnc1)C(=O)N[C@@H](CCCCN)C(=O)N/C(=C\CCNC(=N)N)C(=O)N[C@@H](CCCCN)C(=O)NCCCCN. The molecule has 0 aliphatic carbocycles. The molecule has 32 nitrogen and oxygen atoms in total. The Kier molecular flexibility index (Phi) is 37.6.